The van der Waals surface area contributed by atoms with E-state index in [1.807, 2.05) is 33.0 Å². The van der Waals surface area contributed by atoms with Gasteiger partial charge >= 0.3 is 0 Å². The van der Waals surface area contributed by atoms with Crippen LogP contribution in [0.3, 0.4) is 0 Å². The SMILES string of the molecule is Cc1cc(NC2CCN(c3cc(C)nn3C)C2=O)ncn1. The fraction of sp³-hybridized carbons (Fsp3) is 0.429. The Morgan fingerprint density at radius 1 is 1.24 bits per heavy atom. The predicted octanol–water partition coefficient (Wildman–Crippen LogP) is 1.04. The van der Waals surface area contributed by atoms with Gasteiger partial charge in [-0.3, -0.25) is 14.4 Å². The largest absolute Gasteiger partial charge is 0.358 e. The van der Waals surface area contributed by atoms with Crippen molar-refractivity contribution in [1.82, 2.24) is 19.7 Å². The van der Waals surface area contributed by atoms with Crippen LogP contribution < -0.4 is 10.2 Å². The number of amides is 1. The average Bonchev–Trinajstić information content (AvgIpc) is 2.93. The normalized spacial score (nSPS) is 18.3. The molecule has 2 aromatic heterocycles. The van der Waals surface area contributed by atoms with Gasteiger partial charge in [-0.15, -0.1) is 0 Å². The van der Waals surface area contributed by atoms with Gasteiger partial charge in [0.05, 0.1) is 5.69 Å². The van der Waals surface area contributed by atoms with Gasteiger partial charge in [-0.1, -0.05) is 0 Å². The fourth-order valence-corrected chi connectivity index (χ4v) is 2.60. The Morgan fingerprint density at radius 2 is 2.05 bits per heavy atom. The lowest BCUT2D eigenvalue weighted by Gasteiger charge is -2.17. The van der Waals surface area contributed by atoms with Crippen LogP contribution in [-0.2, 0) is 11.8 Å². The summed E-state index contributed by atoms with van der Waals surface area (Å²) in [6.07, 6.45) is 2.24. The molecule has 1 fully saturated rings. The zero-order chi connectivity index (χ0) is 15.0. The average molecular weight is 286 g/mol. The van der Waals surface area contributed by atoms with Crippen molar-refractivity contribution in [3.8, 4) is 0 Å². The van der Waals surface area contributed by atoms with Crippen LogP contribution >= 0.6 is 0 Å². The second-order valence-electron chi connectivity index (χ2n) is 5.29. The Labute approximate surface area is 123 Å². The molecule has 1 amide bonds. The molecule has 2 aromatic rings. The van der Waals surface area contributed by atoms with Crippen molar-refractivity contribution in [3.05, 3.63) is 29.8 Å². The number of nitrogens with zero attached hydrogens (tertiary/aromatic N) is 5. The highest BCUT2D eigenvalue weighted by molar-refractivity contribution is 6.00. The van der Waals surface area contributed by atoms with E-state index in [2.05, 4.69) is 20.4 Å². The van der Waals surface area contributed by atoms with E-state index in [9.17, 15) is 4.79 Å². The van der Waals surface area contributed by atoms with Crippen molar-refractivity contribution in [2.45, 2.75) is 26.3 Å². The zero-order valence-electron chi connectivity index (χ0n) is 12.4. The lowest BCUT2D eigenvalue weighted by Crippen LogP contribution is -2.34. The van der Waals surface area contributed by atoms with E-state index < -0.39 is 0 Å². The maximum atomic E-state index is 12.5. The second-order valence-corrected chi connectivity index (χ2v) is 5.29. The van der Waals surface area contributed by atoms with Gasteiger partial charge in [-0.25, -0.2) is 9.97 Å². The molecule has 0 spiro atoms. The summed E-state index contributed by atoms with van der Waals surface area (Å²) in [7, 11) is 1.85. The first-order chi connectivity index (χ1) is 10.0. The molecule has 3 rings (SSSR count). The number of aromatic nitrogens is 4. The minimum absolute atomic E-state index is 0.0502. The van der Waals surface area contributed by atoms with Crippen LogP contribution in [0.4, 0.5) is 11.6 Å². The molecule has 1 saturated heterocycles. The minimum atomic E-state index is -0.255. The molecule has 1 unspecified atom stereocenters. The first-order valence-corrected chi connectivity index (χ1v) is 6.92. The van der Waals surface area contributed by atoms with Crippen molar-refractivity contribution >= 4 is 17.5 Å². The smallest absolute Gasteiger partial charge is 0.250 e. The number of hydrogen-bond acceptors (Lipinski definition) is 5. The fourth-order valence-electron chi connectivity index (χ4n) is 2.60. The van der Waals surface area contributed by atoms with Crippen LogP contribution in [0.1, 0.15) is 17.8 Å². The van der Waals surface area contributed by atoms with Gasteiger partial charge in [0.1, 0.15) is 24.0 Å². The highest BCUT2D eigenvalue weighted by Crippen LogP contribution is 2.23. The zero-order valence-corrected chi connectivity index (χ0v) is 12.4. The molecule has 1 atom stereocenters. The summed E-state index contributed by atoms with van der Waals surface area (Å²) in [4.78, 5) is 22.5. The monoisotopic (exact) mass is 286 g/mol. The Hall–Kier alpha value is -2.44. The number of aryl methyl sites for hydroxylation is 3. The molecule has 7 nitrogen and oxygen atoms in total. The van der Waals surface area contributed by atoms with E-state index in [0.29, 0.717) is 12.4 Å². The van der Waals surface area contributed by atoms with Gasteiger partial charge in [0, 0.05) is 31.4 Å². The van der Waals surface area contributed by atoms with Crippen molar-refractivity contribution in [2.75, 3.05) is 16.8 Å². The standard InChI is InChI=1S/C14H18N6O/c1-9-6-12(16-8-15-9)17-11-4-5-20(14(11)21)13-7-10(2)18-19(13)3/h6-8,11H,4-5H2,1-3H3,(H,15,16,17). The van der Waals surface area contributed by atoms with Gasteiger partial charge in [0.15, 0.2) is 0 Å². The Morgan fingerprint density at radius 3 is 2.71 bits per heavy atom. The maximum absolute atomic E-state index is 12.5. The van der Waals surface area contributed by atoms with E-state index in [4.69, 9.17) is 0 Å². The summed E-state index contributed by atoms with van der Waals surface area (Å²) in [6, 6.07) is 3.51. The second kappa shape index (κ2) is 5.16. The van der Waals surface area contributed by atoms with Crippen LogP contribution in [0, 0.1) is 13.8 Å². The van der Waals surface area contributed by atoms with Crippen molar-refractivity contribution in [2.24, 2.45) is 7.05 Å². The summed E-state index contributed by atoms with van der Waals surface area (Å²) in [6.45, 7) is 4.50. The van der Waals surface area contributed by atoms with Gasteiger partial charge in [-0.05, 0) is 20.3 Å². The predicted molar refractivity (Wildman–Crippen MR) is 79.1 cm³/mol. The molecular formula is C14H18N6O. The third-order valence-corrected chi connectivity index (χ3v) is 3.59. The van der Waals surface area contributed by atoms with Gasteiger partial charge in [-0.2, -0.15) is 5.10 Å². The minimum Gasteiger partial charge on any atom is -0.358 e. The first kappa shape index (κ1) is 13.5. The third kappa shape index (κ3) is 2.58. The van der Waals surface area contributed by atoms with Crippen LogP contribution in [0.5, 0.6) is 0 Å². The third-order valence-electron chi connectivity index (χ3n) is 3.59. The Bertz CT molecular complexity index is 680. The van der Waals surface area contributed by atoms with Crippen molar-refractivity contribution in [1.29, 1.82) is 0 Å². The quantitative estimate of drug-likeness (QED) is 0.912. The van der Waals surface area contributed by atoms with Crippen LogP contribution in [0.2, 0.25) is 0 Å². The van der Waals surface area contributed by atoms with Gasteiger partial charge in [0.2, 0.25) is 0 Å². The molecule has 7 heteroatoms. The number of rotatable bonds is 3. The lowest BCUT2D eigenvalue weighted by molar-refractivity contribution is -0.117. The van der Waals surface area contributed by atoms with Crippen molar-refractivity contribution in [3.63, 3.8) is 0 Å². The number of hydrogen-bond donors (Lipinski definition) is 1. The number of anilines is 2. The first-order valence-electron chi connectivity index (χ1n) is 6.92. The van der Waals surface area contributed by atoms with Crippen molar-refractivity contribution < 1.29 is 4.79 Å². The molecule has 110 valence electrons. The van der Waals surface area contributed by atoms with Crippen LogP contribution in [-0.4, -0.2) is 38.2 Å². The molecule has 1 aliphatic heterocycles. The number of carbonyl (C=O) groups is 1. The Balaban J connectivity index is 1.76. The van der Waals surface area contributed by atoms with E-state index in [0.717, 1.165) is 23.6 Å². The molecule has 21 heavy (non-hydrogen) atoms. The summed E-state index contributed by atoms with van der Waals surface area (Å²) in [5.41, 5.74) is 1.78. The molecule has 0 aromatic carbocycles. The van der Waals surface area contributed by atoms with E-state index in [-0.39, 0.29) is 11.9 Å². The molecule has 1 N–H and O–H groups in total. The summed E-state index contributed by atoms with van der Waals surface area (Å²) >= 11 is 0. The molecule has 0 saturated carbocycles. The van der Waals surface area contributed by atoms with E-state index >= 15 is 0 Å². The van der Waals surface area contributed by atoms with Crippen LogP contribution in [0.15, 0.2) is 18.5 Å². The lowest BCUT2D eigenvalue weighted by atomic mass is 10.2. The molecular weight excluding hydrogens is 268 g/mol. The van der Waals surface area contributed by atoms with E-state index in [1.54, 1.807) is 9.58 Å². The van der Waals surface area contributed by atoms with Crippen LogP contribution in [0.25, 0.3) is 0 Å². The van der Waals surface area contributed by atoms with Gasteiger partial charge in [0.25, 0.3) is 5.91 Å². The molecule has 1 aliphatic rings. The number of carbonyl (C=O) groups excluding carboxylic acids is 1. The molecule has 0 aliphatic carbocycles. The topological polar surface area (TPSA) is 75.9 Å². The Kier molecular flexibility index (Phi) is 3.32. The molecule has 0 bridgehead atoms. The summed E-state index contributed by atoms with van der Waals surface area (Å²) in [5.74, 6) is 1.57. The molecule has 3 heterocycles. The van der Waals surface area contributed by atoms with Gasteiger partial charge < -0.3 is 5.32 Å². The summed E-state index contributed by atoms with van der Waals surface area (Å²) in [5, 5.41) is 7.48. The highest BCUT2D eigenvalue weighted by Gasteiger charge is 2.34. The highest BCUT2D eigenvalue weighted by atomic mass is 16.2. The number of nitrogens with one attached hydrogen (secondary N) is 1. The summed E-state index contributed by atoms with van der Waals surface area (Å²) < 4.78 is 1.74. The maximum Gasteiger partial charge on any atom is 0.250 e. The molecule has 0 radical (unpaired) electrons. The van der Waals surface area contributed by atoms with E-state index in [1.165, 1.54) is 6.33 Å².